The van der Waals surface area contributed by atoms with Crippen molar-refractivity contribution in [2.24, 2.45) is 0 Å². The molecular formula is C11H14BrNO2. The lowest BCUT2D eigenvalue weighted by Gasteiger charge is -2.17. The maximum absolute atomic E-state index is 11.1. The van der Waals surface area contributed by atoms with Crippen molar-refractivity contribution in [2.75, 3.05) is 20.6 Å². The summed E-state index contributed by atoms with van der Waals surface area (Å²) in [5.74, 6) is -1.26. The minimum atomic E-state index is -0.790. The molecule has 0 radical (unpaired) electrons. The Morgan fingerprint density at radius 3 is 2.67 bits per heavy atom. The van der Waals surface area contributed by atoms with Gasteiger partial charge in [-0.2, -0.15) is 0 Å². The maximum atomic E-state index is 11.1. The molecule has 1 aromatic carbocycles. The zero-order valence-electron chi connectivity index (χ0n) is 8.77. The van der Waals surface area contributed by atoms with Crippen molar-refractivity contribution in [1.82, 2.24) is 4.90 Å². The minimum Gasteiger partial charge on any atom is -0.481 e. The van der Waals surface area contributed by atoms with E-state index in [-0.39, 0.29) is 0 Å². The van der Waals surface area contributed by atoms with E-state index in [1.807, 2.05) is 43.3 Å². The summed E-state index contributed by atoms with van der Waals surface area (Å²) in [6.45, 7) is 0.506. The van der Waals surface area contributed by atoms with Crippen LogP contribution >= 0.6 is 15.9 Å². The van der Waals surface area contributed by atoms with E-state index in [2.05, 4.69) is 15.9 Å². The first-order valence-corrected chi connectivity index (χ1v) is 5.43. The Bertz CT molecular complexity index is 352. The molecule has 0 fully saturated rings. The Hall–Kier alpha value is -0.870. The van der Waals surface area contributed by atoms with E-state index >= 15 is 0 Å². The molecule has 0 aliphatic carbocycles. The SMILES string of the molecule is CN(C)CC(C(=O)O)c1cccc(Br)c1. The van der Waals surface area contributed by atoms with Crippen LogP contribution in [-0.4, -0.2) is 36.6 Å². The van der Waals surface area contributed by atoms with Crippen LogP contribution in [0.2, 0.25) is 0 Å². The van der Waals surface area contributed by atoms with Crippen LogP contribution in [0.3, 0.4) is 0 Å². The van der Waals surface area contributed by atoms with E-state index in [1.54, 1.807) is 0 Å². The van der Waals surface area contributed by atoms with Crippen molar-refractivity contribution in [1.29, 1.82) is 0 Å². The second kappa shape index (κ2) is 5.28. The van der Waals surface area contributed by atoms with Gasteiger partial charge in [-0.15, -0.1) is 0 Å². The highest BCUT2D eigenvalue weighted by Crippen LogP contribution is 2.20. The van der Waals surface area contributed by atoms with E-state index in [4.69, 9.17) is 5.11 Å². The standard InChI is InChI=1S/C11H14BrNO2/c1-13(2)7-10(11(14)15)8-4-3-5-9(12)6-8/h3-6,10H,7H2,1-2H3,(H,14,15). The Morgan fingerprint density at radius 1 is 1.53 bits per heavy atom. The summed E-state index contributed by atoms with van der Waals surface area (Å²) in [4.78, 5) is 13.0. The van der Waals surface area contributed by atoms with Crippen LogP contribution in [0.15, 0.2) is 28.7 Å². The molecule has 0 heterocycles. The smallest absolute Gasteiger partial charge is 0.312 e. The van der Waals surface area contributed by atoms with E-state index in [0.717, 1.165) is 10.0 Å². The molecule has 0 bridgehead atoms. The van der Waals surface area contributed by atoms with Crippen LogP contribution in [0.4, 0.5) is 0 Å². The van der Waals surface area contributed by atoms with E-state index < -0.39 is 11.9 Å². The van der Waals surface area contributed by atoms with Crippen molar-refractivity contribution in [3.63, 3.8) is 0 Å². The number of halogens is 1. The molecule has 1 atom stereocenters. The van der Waals surface area contributed by atoms with Crippen LogP contribution in [0.25, 0.3) is 0 Å². The number of hydrogen-bond donors (Lipinski definition) is 1. The van der Waals surface area contributed by atoms with Crippen LogP contribution in [0.5, 0.6) is 0 Å². The molecule has 1 unspecified atom stereocenters. The van der Waals surface area contributed by atoms with Crippen molar-refractivity contribution in [2.45, 2.75) is 5.92 Å². The maximum Gasteiger partial charge on any atom is 0.312 e. The van der Waals surface area contributed by atoms with Gasteiger partial charge < -0.3 is 10.0 Å². The molecule has 82 valence electrons. The quantitative estimate of drug-likeness (QED) is 0.913. The van der Waals surface area contributed by atoms with Gasteiger partial charge in [0.05, 0.1) is 5.92 Å². The Kier molecular flexibility index (Phi) is 4.29. The lowest BCUT2D eigenvalue weighted by Crippen LogP contribution is -2.25. The molecule has 1 N–H and O–H groups in total. The average Bonchev–Trinajstić information content (AvgIpc) is 2.13. The summed E-state index contributed by atoms with van der Waals surface area (Å²) in [6.07, 6.45) is 0. The highest BCUT2D eigenvalue weighted by atomic mass is 79.9. The largest absolute Gasteiger partial charge is 0.481 e. The van der Waals surface area contributed by atoms with E-state index in [9.17, 15) is 4.79 Å². The first kappa shape index (κ1) is 12.2. The van der Waals surface area contributed by atoms with Gasteiger partial charge in [-0.1, -0.05) is 28.1 Å². The van der Waals surface area contributed by atoms with Crippen LogP contribution in [0, 0.1) is 0 Å². The molecule has 15 heavy (non-hydrogen) atoms. The Morgan fingerprint density at radius 2 is 2.20 bits per heavy atom. The van der Waals surface area contributed by atoms with Gasteiger partial charge in [-0.05, 0) is 31.8 Å². The molecule has 4 heteroatoms. The van der Waals surface area contributed by atoms with Gasteiger partial charge in [0, 0.05) is 11.0 Å². The lowest BCUT2D eigenvalue weighted by molar-refractivity contribution is -0.139. The third kappa shape index (κ3) is 3.64. The number of carbonyl (C=O) groups is 1. The number of hydrogen-bond acceptors (Lipinski definition) is 2. The van der Waals surface area contributed by atoms with E-state index in [1.165, 1.54) is 0 Å². The third-order valence-electron chi connectivity index (χ3n) is 2.10. The molecule has 0 saturated carbocycles. The molecule has 0 spiro atoms. The number of benzene rings is 1. The Labute approximate surface area is 97.8 Å². The first-order chi connectivity index (χ1) is 7.00. The predicted octanol–water partition coefficient (Wildman–Crippen LogP) is 2.18. The van der Waals surface area contributed by atoms with Gasteiger partial charge in [-0.3, -0.25) is 4.79 Å². The molecule has 0 amide bonds. The van der Waals surface area contributed by atoms with Crippen molar-refractivity contribution in [3.8, 4) is 0 Å². The lowest BCUT2D eigenvalue weighted by atomic mass is 9.99. The fraction of sp³-hybridized carbons (Fsp3) is 0.364. The summed E-state index contributed by atoms with van der Waals surface area (Å²) in [6, 6.07) is 7.43. The summed E-state index contributed by atoms with van der Waals surface area (Å²) < 4.78 is 0.907. The van der Waals surface area contributed by atoms with Crippen LogP contribution < -0.4 is 0 Å². The van der Waals surface area contributed by atoms with Gasteiger partial charge in [0.15, 0.2) is 0 Å². The molecule has 1 aromatic rings. The van der Waals surface area contributed by atoms with E-state index in [0.29, 0.717) is 6.54 Å². The number of rotatable bonds is 4. The van der Waals surface area contributed by atoms with Gasteiger partial charge >= 0.3 is 5.97 Å². The molecule has 0 saturated heterocycles. The Balaban J connectivity index is 2.94. The van der Waals surface area contributed by atoms with Crippen molar-refractivity contribution < 1.29 is 9.90 Å². The van der Waals surface area contributed by atoms with Gasteiger partial charge in [0.2, 0.25) is 0 Å². The van der Waals surface area contributed by atoms with Crippen molar-refractivity contribution in [3.05, 3.63) is 34.3 Å². The number of likely N-dealkylation sites (N-methyl/N-ethyl adjacent to an activating group) is 1. The summed E-state index contributed by atoms with van der Waals surface area (Å²) in [5.41, 5.74) is 0.825. The highest BCUT2D eigenvalue weighted by Gasteiger charge is 2.20. The number of carboxylic acid groups (broad SMARTS) is 1. The highest BCUT2D eigenvalue weighted by molar-refractivity contribution is 9.10. The molecule has 1 rings (SSSR count). The van der Waals surface area contributed by atoms with Gasteiger partial charge in [0.1, 0.15) is 0 Å². The number of carboxylic acids is 1. The fourth-order valence-electron chi connectivity index (χ4n) is 1.41. The first-order valence-electron chi connectivity index (χ1n) is 4.63. The molecule has 0 aliphatic heterocycles. The second-order valence-corrected chi connectivity index (χ2v) is 4.62. The van der Waals surface area contributed by atoms with Gasteiger partial charge in [0.25, 0.3) is 0 Å². The fourth-order valence-corrected chi connectivity index (χ4v) is 1.83. The summed E-state index contributed by atoms with van der Waals surface area (Å²) in [7, 11) is 3.74. The normalized spacial score (nSPS) is 12.8. The van der Waals surface area contributed by atoms with Crippen LogP contribution in [-0.2, 0) is 4.79 Å². The molecular weight excluding hydrogens is 258 g/mol. The summed E-state index contributed by atoms with van der Waals surface area (Å²) in [5, 5.41) is 9.12. The zero-order valence-corrected chi connectivity index (χ0v) is 10.4. The molecule has 0 aliphatic rings. The third-order valence-corrected chi connectivity index (χ3v) is 2.59. The van der Waals surface area contributed by atoms with Crippen molar-refractivity contribution >= 4 is 21.9 Å². The number of aliphatic carboxylic acids is 1. The predicted molar refractivity (Wildman–Crippen MR) is 63.1 cm³/mol. The second-order valence-electron chi connectivity index (χ2n) is 3.71. The van der Waals surface area contributed by atoms with Gasteiger partial charge in [-0.25, -0.2) is 0 Å². The number of nitrogens with zero attached hydrogens (tertiary/aromatic N) is 1. The average molecular weight is 272 g/mol. The monoisotopic (exact) mass is 271 g/mol. The zero-order chi connectivity index (χ0) is 11.4. The minimum absolute atomic E-state index is 0.475. The van der Waals surface area contributed by atoms with Crippen LogP contribution in [0.1, 0.15) is 11.5 Å². The summed E-state index contributed by atoms with van der Waals surface area (Å²) >= 11 is 3.34. The topological polar surface area (TPSA) is 40.5 Å². The molecule has 0 aromatic heterocycles. The molecule has 3 nitrogen and oxygen atoms in total.